The van der Waals surface area contributed by atoms with Crippen LogP contribution in [0.1, 0.15) is 36.1 Å². The van der Waals surface area contributed by atoms with Gasteiger partial charge in [0.15, 0.2) is 10.8 Å². The van der Waals surface area contributed by atoms with Crippen molar-refractivity contribution in [3.05, 3.63) is 41.5 Å². The van der Waals surface area contributed by atoms with E-state index in [2.05, 4.69) is 15.0 Å². The number of halogens is 1. The maximum Gasteiger partial charge on any atom is 0.280 e. The molecule has 0 spiro atoms. The van der Waals surface area contributed by atoms with Crippen molar-refractivity contribution < 1.29 is 13.9 Å². The van der Waals surface area contributed by atoms with E-state index in [1.54, 1.807) is 11.0 Å². The van der Waals surface area contributed by atoms with Gasteiger partial charge < -0.3 is 4.74 Å². The minimum absolute atomic E-state index is 0.166. The molecule has 9 heteroatoms. The number of thiazole rings is 1. The van der Waals surface area contributed by atoms with Crippen LogP contribution in [0.25, 0.3) is 10.2 Å². The minimum Gasteiger partial charge on any atom is -0.379 e. The number of hydrogen-bond donors (Lipinski definition) is 0. The molecule has 2 aromatic heterocycles. The highest BCUT2D eigenvalue weighted by Gasteiger charge is 2.25. The third-order valence-corrected chi connectivity index (χ3v) is 6.23. The summed E-state index contributed by atoms with van der Waals surface area (Å²) in [6, 6.07) is 6.47. The number of aromatic nitrogens is 3. The number of hydrogen-bond acceptors (Lipinski definition) is 6. The Bertz CT molecular complexity index is 1040. The number of morpholine rings is 1. The Balaban J connectivity index is 1.64. The first-order valence-corrected chi connectivity index (χ1v) is 11.0. The number of ether oxygens (including phenoxy) is 1. The van der Waals surface area contributed by atoms with Crippen LogP contribution in [0.2, 0.25) is 0 Å². The number of amides is 1. The van der Waals surface area contributed by atoms with Gasteiger partial charge >= 0.3 is 0 Å². The van der Waals surface area contributed by atoms with E-state index in [9.17, 15) is 9.18 Å². The van der Waals surface area contributed by atoms with E-state index in [1.807, 2.05) is 31.5 Å². The predicted molar refractivity (Wildman–Crippen MR) is 116 cm³/mol. The first-order valence-electron chi connectivity index (χ1n) is 10.2. The summed E-state index contributed by atoms with van der Waals surface area (Å²) in [4.78, 5) is 22.0. The monoisotopic (exact) mass is 431 g/mol. The highest BCUT2D eigenvalue weighted by molar-refractivity contribution is 7.22. The molecule has 0 aliphatic carbocycles. The quantitative estimate of drug-likeness (QED) is 0.598. The van der Waals surface area contributed by atoms with Crippen molar-refractivity contribution in [1.29, 1.82) is 0 Å². The lowest BCUT2D eigenvalue weighted by Crippen LogP contribution is -2.43. The lowest BCUT2D eigenvalue weighted by molar-refractivity contribution is 0.0391. The van der Waals surface area contributed by atoms with Crippen molar-refractivity contribution in [2.45, 2.75) is 26.8 Å². The molecule has 1 aliphatic rings. The van der Waals surface area contributed by atoms with E-state index >= 15 is 0 Å². The molecule has 0 atom stereocenters. The molecule has 0 radical (unpaired) electrons. The van der Waals surface area contributed by atoms with Crippen LogP contribution >= 0.6 is 11.3 Å². The fraction of sp³-hybridized carbons (Fsp3) is 0.476. The summed E-state index contributed by atoms with van der Waals surface area (Å²) >= 11 is 1.32. The van der Waals surface area contributed by atoms with Gasteiger partial charge in [0.1, 0.15) is 5.82 Å². The Hall–Kier alpha value is -2.36. The van der Waals surface area contributed by atoms with E-state index < -0.39 is 0 Å². The molecule has 1 aromatic carbocycles. The average Bonchev–Trinajstić information content (AvgIpc) is 3.32. The lowest BCUT2D eigenvalue weighted by Gasteiger charge is -2.29. The molecule has 1 fully saturated rings. The van der Waals surface area contributed by atoms with Crippen LogP contribution in [0.4, 0.5) is 9.52 Å². The minimum atomic E-state index is -0.310. The number of carbonyl (C=O) groups is 1. The zero-order valence-corrected chi connectivity index (χ0v) is 18.3. The van der Waals surface area contributed by atoms with Gasteiger partial charge in [-0.3, -0.25) is 19.3 Å². The van der Waals surface area contributed by atoms with Gasteiger partial charge in [-0.2, -0.15) is 5.10 Å². The predicted octanol–water partition coefficient (Wildman–Crippen LogP) is 3.50. The Kier molecular flexibility index (Phi) is 6.12. The molecular formula is C21H26FN5O2S. The fourth-order valence-electron chi connectivity index (χ4n) is 3.61. The largest absolute Gasteiger partial charge is 0.379 e. The smallest absolute Gasteiger partial charge is 0.280 e. The molecule has 0 unspecified atom stereocenters. The molecule has 3 heterocycles. The van der Waals surface area contributed by atoms with Gasteiger partial charge in [-0.15, -0.1) is 0 Å². The van der Waals surface area contributed by atoms with Crippen LogP contribution in [-0.4, -0.2) is 65.0 Å². The first-order chi connectivity index (χ1) is 14.4. The topological polar surface area (TPSA) is 63.5 Å². The second kappa shape index (κ2) is 8.79. The molecule has 1 saturated heterocycles. The maximum atomic E-state index is 13.7. The van der Waals surface area contributed by atoms with Crippen molar-refractivity contribution in [2.24, 2.45) is 0 Å². The lowest BCUT2D eigenvalue weighted by atomic mass is 10.3. The normalized spacial score (nSPS) is 15.2. The number of aryl methyl sites for hydroxylation is 1. The van der Waals surface area contributed by atoms with E-state index in [4.69, 9.17) is 4.74 Å². The van der Waals surface area contributed by atoms with Crippen LogP contribution < -0.4 is 4.90 Å². The molecule has 30 heavy (non-hydrogen) atoms. The molecule has 0 bridgehead atoms. The van der Waals surface area contributed by atoms with Gasteiger partial charge in [-0.25, -0.2) is 9.37 Å². The first kappa shape index (κ1) is 20.9. The summed E-state index contributed by atoms with van der Waals surface area (Å²) in [6.07, 6.45) is 0. The Morgan fingerprint density at radius 2 is 2.07 bits per heavy atom. The second-order valence-corrected chi connectivity index (χ2v) is 8.74. The molecule has 0 N–H and O–H groups in total. The summed E-state index contributed by atoms with van der Waals surface area (Å²) in [5, 5.41) is 5.09. The number of nitrogens with zero attached hydrogens (tertiary/aromatic N) is 5. The van der Waals surface area contributed by atoms with Crippen molar-refractivity contribution in [3.63, 3.8) is 0 Å². The van der Waals surface area contributed by atoms with Crippen LogP contribution in [0.5, 0.6) is 0 Å². The third-order valence-electron chi connectivity index (χ3n) is 5.19. The highest BCUT2D eigenvalue weighted by atomic mass is 32.1. The number of benzene rings is 1. The van der Waals surface area contributed by atoms with Gasteiger partial charge in [0.2, 0.25) is 0 Å². The van der Waals surface area contributed by atoms with Crippen molar-refractivity contribution in [1.82, 2.24) is 19.7 Å². The van der Waals surface area contributed by atoms with Crippen molar-refractivity contribution in [3.8, 4) is 0 Å². The zero-order valence-electron chi connectivity index (χ0n) is 17.5. The summed E-state index contributed by atoms with van der Waals surface area (Å²) in [5.41, 5.74) is 2.02. The molecule has 160 valence electrons. The number of fused-ring (bicyclic) bond motifs is 1. The third kappa shape index (κ3) is 4.38. The van der Waals surface area contributed by atoms with Crippen LogP contribution in [-0.2, 0) is 4.74 Å². The molecule has 0 saturated carbocycles. The second-order valence-electron chi connectivity index (χ2n) is 7.73. The van der Waals surface area contributed by atoms with Crippen LogP contribution in [0.15, 0.2) is 24.3 Å². The van der Waals surface area contributed by atoms with E-state index in [-0.39, 0.29) is 17.8 Å². The Morgan fingerprint density at radius 1 is 1.30 bits per heavy atom. The number of carbonyl (C=O) groups excluding carboxylic acids is 1. The number of rotatable bonds is 6. The Labute approximate surface area is 179 Å². The molecule has 4 rings (SSSR count). The molecular weight excluding hydrogens is 405 g/mol. The summed E-state index contributed by atoms with van der Waals surface area (Å²) in [7, 11) is 0. The van der Waals surface area contributed by atoms with Crippen LogP contribution in [0.3, 0.4) is 0 Å². The number of anilines is 1. The van der Waals surface area contributed by atoms with Crippen molar-refractivity contribution >= 4 is 32.6 Å². The summed E-state index contributed by atoms with van der Waals surface area (Å²) in [5.74, 6) is -0.500. The van der Waals surface area contributed by atoms with Gasteiger partial charge in [0.25, 0.3) is 5.91 Å². The average molecular weight is 432 g/mol. The van der Waals surface area contributed by atoms with Gasteiger partial charge in [0.05, 0.1) is 23.4 Å². The fourth-order valence-corrected chi connectivity index (χ4v) is 4.62. The SMILES string of the molecule is Cc1cc(C(=O)N(CCN2CCOCC2)c2nc3ccc(F)cc3s2)nn1C(C)C. The van der Waals surface area contributed by atoms with E-state index in [0.717, 1.165) is 23.5 Å². The Morgan fingerprint density at radius 3 is 2.77 bits per heavy atom. The standard InChI is InChI=1S/C21H26FN5O2S/c1-14(2)27-15(3)12-18(24-27)20(28)26(7-6-25-8-10-29-11-9-25)21-23-17-5-4-16(22)13-19(17)30-21/h4-5,12-14H,6-11H2,1-3H3. The maximum absolute atomic E-state index is 13.7. The molecule has 1 aliphatic heterocycles. The van der Waals surface area contributed by atoms with Crippen molar-refractivity contribution in [2.75, 3.05) is 44.3 Å². The molecule has 7 nitrogen and oxygen atoms in total. The van der Waals surface area contributed by atoms with Gasteiger partial charge in [0, 0.05) is 37.9 Å². The van der Waals surface area contributed by atoms with Crippen LogP contribution in [0, 0.1) is 12.7 Å². The van der Waals surface area contributed by atoms with Gasteiger partial charge in [-0.1, -0.05) is 11.3 Å². The van der Waals surface area contributed by atoms with E-state index in [0.29, 0.717) is 42.6 Å². The summed E-state index contributed by atoms with van der Waals surface area (Å²) in [6.45, 7) is 10.3. The zero-order chi connectivity index (χ0) is 21.3. The van der Waals surface area contributed by atoms with E-state index in [1.165, 1.54) is 23.5 Å². The molecule has 3 aromatic rings. The summed E-state index contributed by atoms with van der Waals surface area (Å²) < 4.78 is 21.6. The van der Waals surface area contributed by atoms with Gasteiger partial charge in [-0.05, 0) is 45.0 Å². The highest BCUT2D eigenvalue weighted by Crippen LogP contribution is 2.30. The molecule has 1 amide bonds.